The Kier molecular flexibility index (Phi) is 1.55. The molecule has 3 rings (SSSR count). The fourth-order valence-electron chi connectivity index (χ4n) is 2.52. The molecule has 0 spiro atoms. The van der Waals surface area contributed by atoms with E-state index in [1.165, 1.54) is 32.1 Å². The van der Waals surface area contributed by atoms with Gasteiger partial charge < -0.3 is 0 Å². The Morgan fingerprint density at radius 2 is 2.08 bits per heavy atom. The fraction of sp³-hybridized carbons (Fsp3) is 0.385. The van der Waals surface area contributed by atoms with Crippen molar-refractivity contribution in [2.45, 2.75) is 32.1 Å². The molecule has 3 aliphatic carbocycles. The second kappa shape index (κ2) is 2.73. The summed E-state index contributed by atoms with van der Waals surface area (Å²) in [7, 11) is 0. The highest BCUT2D eigenvalue weighted by atomic mass is 14.2. The van der Waals surface area contributed by atoms with E-state index in [-0.39, 0.29) is 0 Å². The molecule has 0 aromatic heterocycles. The molecule has 66 valence electrons. The zero-order valence-corrected chi connectivity index (χ0v) is 7.84. The van der Waals surface area contributed by atoms with Crippen molar-refractivity contribution >= 4 is 0 Å². The minimum absolute atomic E-state index is 1.17. The van der Waals surface area contributed by atoms with Crippen LogP contribution >= 0.6 is 0 Å². The topological polar surface area (TPSA) is 0 Å². The highest BCUT2D eigenvalue weighted by Crippen LogP contribution is 2.38. The Bertz CT molecular complexity index is 361. The quantitative estimate of drug-likeness (QED) is 0.520. The largest absolute Gasteiger partial charge is 0.0807 e. The molecular weight excluding hydrogens is 156 g/mol. The molecule has 0 radical (unpaired) electrons. The molecule has 0 amide bonds. The van der Waals surface area contributed by atoms with E-state index in [1.807, 2.05) is 0 Å². The Morgan fingerprint density at radius 3 is 3.08 bits per heavy atom. The van der Waals surface area contributed by atoms with E-state index >= 15 is 0 Å². The van der Waals surface area contributed by atoms with Gasteiger partial charge in [0, 0.05) is 0 Å². The number of allylic oxidation sites excluding steroid dienone is 8. The maximum atomic E-state index is 2.44. The van der Waals surface area contributed by atoms with Crippen molar-refractivity contribution in [1.29, 1.82) is 0 Å². The normalized spacial score (nSPS) is 25.2. The van der Waals surface area contributed by atoms with Gasteiger partial charge in [0.1, 0.15) is 0 Å². The minimum atomic E-state index is 1.17. The smallest absolute Gasteiger partial charge is 0.00235 e. The first-order chi connectivity index (χ1) is 6.43. The number of fused-ring (bicyclic) bond motifs is 1. The number of hydrogen-bond acceptors (Lipinski definition) is 0. The van der Waals surface area contributed by atoms with Crippen LogP contribution in [0, 0.1) is 0 Å². The average molecular weight is 170 g/mol. The molecule has 0 unspecified atom stereocenters. The molecule has 0 saturated carbocycles. The molecule has 0 atom stereocenters. The molecule has 0 heteroatoms. The Labute approximate surface area is 79.3 Å². The van der Waals surface area contributed by atoms with Crippen LogP contribution < -0.4 is 0 Å². The summed E-state index contributed by atoms with van der Waals surface area (Å²) in [6.45, 7) is 0. The minimum Gasteiger partial charge on any atom is -0.0807 e. The van der Waals surface area contributed by atoms with E-state index in [4.69, 9.17) is 0 Å². The number of hydrogen-bond donors (Lipinski definition) is 0. The van der Waals surface area contributed by atoms with E-state index in [0.29, 0.717) is 0 Å². The Balaban J connectivity index is 2.04. The van der Waals surface area contributed by atoms with Gasteiger partial charge in [0.2, 0.25) is 0 Å². The van der Waals surface area contributed by atoms with Gasteiger partial charge in [0.05, 0.1) is 0 Å². The Morgan fingerprint density at radius 1 is 1.08 bits per heavy atom. The van der Waals surface area contributed by atoms with Gasteiger partial charge in [-0.2, -0.15) is 0 Å². The molecule has 0 heterocycles. The standard InChI is InChI=1S/C13H14/c1-2-5-11-9-13-7-3-6-12(13)8-10(11)4-1/h3-4,6,9H,1-2,5,7-8H2. The molecule has 0 saturated heterocycles. The van der Waals surface area contributed by atoms with Crippen molar-refractivity contribution in [3.8, 4) is 0 Å². The van der Waals surface area contributed by atoms with Crippen LogP contribution in [0.3, 0.4) is 0 Å². The fourth-order valence-corrected chi connectivity index (χ4v) is 2.52. The second-order valence-electron chi connectivity index (χ2n) is 4.12. The van der Waals surface area contributed by atoms with Crippen LogP contribution in [0.5, 0.6) is 0 Å². The van der Waals surface area contributed by atoms with Gasteiger partial charge in [-0.05, 0) is 54.4 Å². The predicted molar refractivity (Wildman–Crippen MR) is 55.4 cm³/mol. The lowest BCUT2D eigenvalue weighted by Gasteiger charge is -2.22. The van der Waals surface area contributed by atoms with Gasteiger partial charge in [-0.3, -0.25) is 0 Å². The summed E-state index contributed by atoms with van der Waals surface area (Å²) in [6, 6.07) is 0. The lowest BCUT2D eigenvalue weighted by atomic mass is 9.83. The molecule has 0 fully saturated rings. The number of rotatable bonds is 0. The molecule has 0 nitrogen and oxygen atoms in total. The van der Waals surface area contributed by atoms with E-state index in [2.05, 4.69) is 24.3 Å². The van der Waals surface area contributed by atoms with Crippen molar-refractivity contribution in [2.24, 2.45) is 0 Å². The van der Waals surface area contributed by atoms with Crippen LogP contribution in [0.1, 0.15) is 32.1 Å². The maximum absolute atomic E-state index is 2.44. The molecule has 0 aromatic carbocycles. The van der Waals surface area contributed by atoms with Crippen LogP contribution in [-0.2, 0) is 0 Å². The second-order valence-corrected chi connectivity index (χ2v) is 4.12. The van der Waals surface area contributed by atoms with Crippen molar-refractivity contribution < 1.29 is 0 Å². The lowest BCUT2D eigenvalue weighted by molar-refractivity contribution is 0.783. The van der Waals surface area contributed by atoms with Crippen molar-refractivity contribution in [3.63, 3.8) is 0 Å². The summed E-state index contributed by atoms with van der Waals surface area (Å²) in [5, 5.41) is 0. The Hall–Kier alpha value is -1.04. The van der Waals surface area contributed by atoms with Gasteiger partial charge in [-0.1, -0.05) is 24.3 Å². The molecule has 0 N–H and O–H groups in total. The summed E-state index contributed by atoms with van der Waals surface area (Å²) in [5.41, 5.74) is 6.37. The summed E-state index contributed by atoms with van der Waals surface area (Å²) in [5.74, 6) is 0. The first-order valence-electron chi connectivity index (χ1n) is 5.22. The molecule has 0 bridgehead atoms. The molecule has 0 aliphatic heterocycles. The van der Waals surface area contributed by atoms with Crippen LogP contribution in [0.15, 0.2) is 46.6 Å². The van der Waals surface area contributed by atoms with Gasteiger partial charge in [-0.25, -0.2) is 0 Å². The third kappa shape index (κ3) is 1.13. The third-order valence-corrected chi connectivity index (χ3v) is 3.25. The third-order valence-electron chi connectivity index (χ3n) is 3.25. The lowest BCUT2D eigenvalue weighted by Crippen LogP contribution is -2.03. The van der Waals surface area contributed by atoms with Gasteiger partial charge in [0.15, 0.2) is 0 Å². The van der Waals surface area contributed by atoms with Gasteiger partial charge in [-0.15, -0.1) is 0 Å². The average Bonchev–Trinajstić information content (AvgIpc) is 2.61. The van der Waals surface area contributed by atoms with Crippen molar-refractivity contribution in [1.82, 2.24) is 0 Å². The van der Waals surface area contributed by atoms with E-state index in [9.17, 15) is 0 Å². The van der Waals surface area contributed by atoms with Crippen molar-refractivity contribution in [2.75, 3.05) is 0 Å². The summed E-state index contributed by atoms with van der Waals surface area (Å²) >= 11 is 0. The van der Waals surface area contributed by atoms with Crippen LogP contribution in [0.4, 0.5) is 0 Å². The monoisotopic (exact) mass is 170 g/mol. The van der Waals surface area contributed by atoms with Crippen molar-refractivity contribution in [3.05, 3.63) is 46.6 Å². The maximum Gasteiger partial charge on any atom is -0.00235 e. The van der Waals surface area contributed by atoms with Crippen LogP contribution in [0.2, 0.25) is 0 Å². The predicted octanol–water partition coefficient (Wildman–Crippen LogP) is 3.68. The highest BCUT2D eigenvalue weighted by molar-refractivity contribution is 5.54. The zero-order chi connectivity index (χ0) is 8.67. The van der Waals surface area contributed by atoms with E-state index in [1.54, 1.807) is 22.3 Å². The van der Waals surface area contributed by atoms with E-state index < -0.39 is 0 Å². The van der Waals surface area contributed by atoms with E-state index in [0.717, 1.165) is 0 Å². The van der Waals surface area contributed by atoms with Crippen LogP contribution in [0.25, 0.3) is 0 Å². The van der Waals surface area contributed by atoms with Gasteiger partial charge >= 0.3 is 0 Å². The zero-order valence-electron chi connectivity index (χ0n) is 7.84. The SMILES string of the molecule is C1=CC2=C(C=C3CCCC=C3C2)C1. The van der Waals surface area contributed by atoms with Gasteiger partial charge in [0.25, 0.3) is 0 Å². The first-order valence-corrected chi connectivity index (χ1v) is 5.22. The molecular formula is C13H14. The molecule has 3 aliphatic rings. The molecule has 0 aromatic rings. The molecule has 13 heavy (non-hydrogen) atoms. The first kappa shape index (κ1) is 7.37. The van der Waals surface area contributed by atoms with Crippen LogP contribution in [-0.4, -0.2) is 0 Å². The highest BCUT2D eigenvalue weighted by Gasteiger charge is 2.19. The summed E-state index contributed by atoms with van der Waals surface area (Å²) < 4.78 is 0. The summed E-state index contributed by atoms with van der Waals surface area (Å²) in [6.07, 6.45) is 15.8. The summed E-state index contributed by atoms with van der Waals surface area (Å²) in [4.78, 5) is 0.